The van der Waals surface area contributed by atoms with Gasteiger partial charge in [-0.25, -0.2) is 4.98 Å². The minimum absolute atomic E-state index is 0.265. The molecule has 124 valence electrons. The molecule has 0 fully saturated rings. The Bertz CT molecular complexity index is 874. The third kappa shape index (κ3) is 3.39. The molecule has 6 nitrogen and oxygen atoms in total. The number of methoxy groups -OCH3 is 1. The predicted octanol–water partition coefficient (Wildman–Crippen LogP) is 3.12. The van der Waals surface area contributed by atoms with Crippen LogP contribution in [0.3, 0.4) is 0 Å². The van der Waals surface area contributed by atoms with Crippen molar-refractivity contribution < 1.29 is 14.3 Å². The molecule has 1 atom stereocenters. The van der Waals surface area contributed by atoms with E-state index in [1.807, 2.05) is 23.6 Å². The SMILES string of the molecule is COc1cccc2sc(NC(=O)[C@@H](C)NC(=O)c3cccs3)nc12. The smallest absolute Gasteiger partial charge is 0.261 e. The predicted molar refractivity (Wildman–Crippen MR) is 96.0 cm³/mol. The molecule has 24 heavy (non-hydrogen) atoms. The number of hydrogen-bond donors (Lipinski definition) is 2. The summed E-state index contributed by atoms with van der Waals surface area (Å²) in [6.07, 6.45) is 0. The number of aromatic nitrogens is 1. The van der Waals surface area contributed by atoms with Gasteiger partial charge in [-0.1, -0.05) is 23.5 Å². The molecule has 0 radical (unpaired) electrons. The van der Waals surface area contributed by atoms with Crippen LogP contribution >= 0.6 is 22.7 Å². The Balaban J connectivity index is 1.69. The average Bonchev–Trinajstić information content (AvgIpc) is 3.23. The zero-order chi connectivity index (χ0) is 17.1. The molecule has 3 rings (SSSR count). The molecular formula is C16H15N3O3S2. The molecule has 0 aliphatic carbocycles. The summed E-state index contributed by atoms with van der Waals surface area (Å²) < 4.78 is 6.18. The highest BCUT2D eigenvalue weighted by Crippen LogP contribution is 2.32. The summed E-state index contributed by atoms with van der Waals surface area (Å²) in [6.45, 7) is 1.63. The van der Waals surface area contributed by atoms with Crippen molar-refractivity contribution in [3.8, 4) is 5.75 Å². The number of hydrogen-bond acceptors (Lipinski definition) is 6. The number of amides is 2. The molecule has 0 spiro atoms. The van der Waals surface area contributed by atoms with Crippen molar-refractivity contribution >= 4 is 49.8 Å². The van der Waals surface area contributed by atoms with Gasteiger partial charge in [0.2, 0.25) is 5.91 Å². The third-order valence-electron chi connectivity index (χ3n) is 3.32. The van der Waals surface area contributed by atoms with Crippen molar-refractivity contribution in [1.29, 1.82) is 0 Å². The number of nitrogens with one attached hydrogen (secondary N) is 2. The molecular weight excluding hydrogens is 346 g/mol. The van der Waals surface area contributed by atoms with Crippen LogP contribution in [0.4, 0.5) is 5.13 Å². The molecule has 8 heteroatoms. The van der Waals surface area contributed by atoms with E-state index in [9.17, 15) is 9.59 Å². The second-order valence-corrected chi connectivity index (χ2v) is 6.97. The summed E-state index contributed by atoms with van der Waals surface area (Å²) in [5.74, 6) is 0.0693. The number of thiophene rings is 1. The van der Waals surface area contributed by atoms with Gasteiger partial charge in [0.1, 0.15) is 17.3 Å². The Hall–Kier alpha value is -2.45. The Morgan fingerprint density at radius 1 is 1.25 bits per heavy atom. The highest BCUT2D eigenvalue weighted by molar-refractivity contribution is 7.22. The fraction of sp³-hybridized carbons (Fsp3) is 0.188. The lowest BCUT2D eigenvalue weighted by atomic mass is 10.3. The molecule has 2 heterocycles. The van der Waals surface area contributed by atoms with Crippen LogP contribution in [-0.4, -0.2) is 29.9 Å². The van der Waals surface area contributed by atoms with E-state index in [-0.39, 0.29) is 11.8 Å². The van der Waals surface area contributed by atoms with Crippen LogP contribution in [0, 0.1) is 0 Å². The van der Waals surface area contributed by atoms with Gasteiger partial charge < -0.3 is 15.4 Å². The van der Waals surface area contributed by atoms with Gasteiger partial charge in [-0.05, 0) is 30.5 Å². The Kier molecular flexibility index (Phi) is 4.77. The Labute approximate surface area is 146 Å². The van der Waals surface area contributed by atoms with Crippen molar-refractivity contribution in [2.45, 2.75) is 13.0 Å². The number of rotatable bonds is 5. The molecule has 0 bridgehead atoms. The van der Waals surface area contributed by atoms with Crippen molar-refractivity contribution in [3.63, 3.8) is 0 Å². The van der Waals surface area contributed by atoms with Crippen LogP contribution in [0.5, 0.6) is 5.75 Å². The van der Waals surface area contributed by atoms with E-state index in [4.69, 9.17) is 4.74 Å². The zero-order valence-electron chi connectivity index (χ0n) is 13.0. The lowest BCUT2D eigenvalue weighted by Gasteiger charge is -2.12. The number of carbonyl (C=O) groups excluding carboxylic acids is 2. The normalized spacial score (nSPS) is 11.9. The maximum absolute atomic E-state index is 12.3. The van der Waals surface area contributed by atoms with Gasteiger partial charge in [-0.2, -0.15) is 0 Å². The van der Waals surface area contributed by atoms with Crippen molar-refractivity contribution in [2.75, 3.05) is 12.4 Å². The average molecular weight is 361 g/mol. The van der Waals surface area contributed by atoms with Gasteiger partial charge in [-0.3, -0.25) is 9.59 Å². The summed E-state index contributed by atoms with van der Waals surface area (Å²) in [4.78, 5) is 29.2. The second kappa shape index (κ2) is 6.98. The molecule has 0 saturated carbocycles. The standard InChI is InChI=1S/C16H15N3O3S2/c1-9(17-15(21)12-7-4-8-23-12)14(20)19-16-18-13-10(22-2)5-3-6-11(13)24-16/h3-9H,1-2H3,(H,17,21)(H,18,19,20)/t9-/m1/s1. The number of benzene rings is 1. The van der Waals surface area contributed by atoms with Gasteiger partial charge in [0.05, 0.1) is 16.7 Å². The first-order valence-corrected chi connectivity index (χ1v) is 8.87. The van der Waals surface area contributed by atoms with E-state index in [0.29, 0.717) is 21.3 Å². The summed E-state index contributed by atoms with van der Waals surface area (Å²) >= 11 is 2.68. The van der Waals surface area contributed by atoms with Crippen molar-refractivity contribution in [2.24, 2.45) is 0 Å². The van der Waals surface area contributed by atoms with Crippen LogP contribution in [0.25, 0.3) is 10.2 Å². The zero-order valence-corrected chi connectivity index (χ0v) is 14.7. The fourth-order valence-electron chi connectivity index (χ4n) is 2.10. The topological polar surface area (TPSA) is 80.3 Å². The monoisotopic (exact) mass is 361 g/mol. The van der Waals surface area contributed by atoms with E-state index in [1.165, 1.54) is 22.7 Å². The van der Waals surface area contributed by atoms with Gasteiger partial charge >= 0.3 is 0 Å². The Morgan fingerprint density at radius 2 is 2.08 bits per heavy atom. The molecule has 0 aliphatic heterocycles. The number of nitrogens with zero attached hydrogens (tertiary/aromatic N) is 1. The maximum atomic E-state index is 12.3. The van der Waals surface area contributed by atoms with E-state index in [1.54, 1.807) is 26.2 Å². The van der Waals surface area contributed by atoms with Crippen LogP contribution in [0.2, 0.25) is 0 Å². The number of ether oxygens (including phenoxy) is 1. The van der Waals surface area contributed by atoms with Crippen LogP contribution in [0.1, 0.15) is 16.6 Å². The van der Waals surface area contributed by atoms with Crippen molar-refractivity contribution in [1.82, 2.24) is 10.3 Å². The van der Waals surface area contributed by atoms with Crippen LogP contribution < -0.4 is 15.4 Å². The molecule has 0 aliphatic rings. The number of fused-ring (bicyclic) bond motifs is 1. The minimum Gasteiger partial charge on any atom is -0.494 e. The highest BCUT2D eigenvalue weighted by atomic mass is 32.1. The first-order chi connectivity index (χ1) is 11.6. The summed E-state index contributed by atoms with van der Waals surface area (Å²) in [5, 5.41) is 7.69. The number of carbonyl (C=O) groups is 2. The largest absolute Gasteiger partial charge is 0.494 e. The Morgan fingerprint density at radius 3 is 2.79 bits per heavy atom. The fourth-order valence-corrected chi connectivity index (χ4v) is 3.61. The minimum atomic E-state index is -0.673. The van der Waals surface area contributed by atoms with Gasteiger partial charge in [0, 0.05) is 0 Å². The molecule has 0 unspecified atom stereocenters. The van der Waals surface area contributed by atoms with Gasteiger partial charge in [-0.15, -0.1) is 11.3 Å². The van der Waals surface area contributed by atoms with Gasteiger partial charge in [0.15, 0.2) is 5.13 Å². The molecule has 2 aromatic heterocycles. The first kappa shape index (κ1) is 16.4. The highest BCUT2D eigenvalue weighted by Gasteiger charge is 2.19. The molecule has 2 amide bonds. The third-order valence-corrected chi connectivity index (χ3v) is 5.12. The summed E-state index contributed by atoms with van der Waals surface area (Å²) in [7, 11) is 1.58. The second-order valence-electron chi connectivity index (χ2n) is 4.99. The number of para-hydroxylation sites is 1. The first-order valence-electron chi connectivity index (χ1n) is 7.17. The lowest BCUT2D eigenvalue weighted by Crippen LogP contribution is -2.41. The number of anilines is 1. The van der Waals surface area contributed by atoms with E-state index in [2.05, 4.69) is 15.6 Å². The summed E-state index contributed by atoms with van der Waals surface area (Å²) in [5.41, 5.74) is 0.704. The van der Waals surface area contributed by atoms with Crippen LogP contribution in [-0.2, 0) is 4.79 Å². The molecule has 1 aromatic carbocycles. The number of thiazole rings is 1. The lowest BCUT2D eigenvalue weighted by molar-refractivity contribution is -0.117. The maximum Gasteiger partial charge on any atom is 0.261 e. The molecule has 0 saturated heterocycles. The molecule has 2 N–H and O–H groups in total. The van der Waals surface area contributed by atoms with Crippen LogP contribution in [0.15, 0.2) is 35.7 Å². The molecule has 3 aromatic rings. The quantitative estimate of drug-likeness (QED) is 0.732. The van der Waals surface area contributed by atoms with E-state index < -0.39 is 6.04 Å². The van der Waals surface area contributed by atoms with E-state index >= 15 is 0 Å². The van der Waals surface area contributed by atoms with Gasteiger partial charge in [0.25, 0.3) is 5.91 Å². The summed E-state index contributed by atoms with van der Waals surface area (Å²) in [6, 6.07) is 8.43. The van der Waals surface area contributed by atoms with E-state index in [0.717, 1.165) is 4.70 Å². The van der Waals surface area contributed by atoms with Crippen molar-refractivity contribution in [3.05, 3.63) is 40.6 Å².